The molecule has 0 radical (unpaired) electrons. The number of hydrogen-bond donors (Lipinski definition) is 1. The molecule has 1 saturated heterocycles. The number of nitrogens with one attached hydrogen (secondary N) is 1. The molecule has 7 heteroatoms. The second-order valence-corrected chi connectivity index (χ2v) is 9.32. The minimum Gasteiger partial charge on any atom is -0.326 e. The molecular formula is C26H32N4O3. The van der Waals surface area contributed by atoms with Gasteiger partial charge in [-0.25, -0.2) is 0 Å². The minimum absolute atomic E-state index is 0.0363. The lowest BCUT2D eigenvalue weighted by atomic mass is 9.98. The van der Waals surface area contributed by atoms with Crippen molar-refractivity contribution in [2.75, 3.05) is 37.4 Å². The molecule has 1 N–H and O–H groups in total. The topological polar surface area (TPSA) is 73.0 Å². The van der Waals surface area contributed by atoms with Crippen molar-refractivity contribution in [1.82, 2.24) is 9.80 Å². The van der Waals surface area contributed by atoms with Gasteiger partial charge < -0.3 is 15.1 Å². The van der Waals surface area contributed by atoms with Gasteiger partial charge in [0.1, 0.15) is 5.66 Å². The van der Waals surface area contributed by atoms with Crippen LogP contribution in [0.1, 0.15) is 48.5 Å². The number of benzene rings is 2. The van der Waals surface area contributed by atoms with Gasteiger partial charge in [0.25, 0.3) is 5.91 Å². The number of nitrogens with zero attached hydrogens (tertiary/aromatic N) is 3. The van der Waals surface area contributed by atoms with E-state index in [-0.39, 0.29) is 17.7 Å². The van der Waals surface area contributed by atoms with E-state index in [1.165, 1.54) is 5.56 Å². The van der Waals surface area contributed by atoms with Crippen LogP contribution in [-0.2, 0) is 16.0 Å². The molecule has 2 aromatic carbocycles. The average molecular weight is 449 g/mol. The Balaban J connectivity index is 1.36. The van der Waals surface area contributed by atoms with Gasteiger partial charge >= 0.3 is 0 Å². The Hall–Kier alpha value is -3.19. The lowest BCUT2D eigenvalue weighted by molar-refractivity contribution is -0.118. The summed E-state index contributed by atoms with van der Waals surface area (Å²) in [5.74, 6) is -0.118. The van der Waals surface area contributed by atoms with Crippen molar-refractivity contribution < 1.29 is 14.4 Å². The third-order valence-corrected chi connectivity index (χ3v) is 6.62. The predicted octanol–water partition coefficient (Wildman–Crippen LogP) is 3.51. The van der Waals surface area contributed by atoms with Gasteiger partial charge in [-0.3, -0.25) is 19.3 Å². The number of anilines is 2. The van der Waals surface area contributed by atoms with Crippen LogP contribution in [0.3, 0.4) is 0 Å². The van der Waals surface area contributed by atoms with Crippen LogP contribution in [-0.4, -0.2) is 60.4 Å². The first-order chi connectivity index (χ1) is 15.8. The maximum absolute atomic E-state index is 13.2. The van der Waals surface area contributed by atoms with E-state index >= 15 is 0 Å². The van der Waals surface area contributed by atoms with Gasteiger partial charge in [0.2, 0.25) is 11.8 Å². The lowest BCUT2D eigenvalue weighted by Gasteiger charge is -2.48. The zero-order valence-corrected chi connectivity index (χ0v) is 19.6. The Kier molecular flexibility index (Phi) is 6.51. The number of para-hydroxylation sites is 1. The Labute approximate surface area is 195 Å². The molecule has 1 unspecified atom stereocenters. The average Bonchev–Trinajstić information content (AvgIpc) is 3.10. The van der Waals surface area contributed by atoms with Gasteiger partial charge in [0.15, 0.2) is 0 Å². The van der Waals surface area contributed by atoms with Crippen molar-refractivity contribution in [3.63, 3.8) is 0 Å². The zero-order valence-electron chi connectivity index (χ0n) is 19.6. The molecule has 0 aromatic heterocycles. The van der Waals surface area contributed by atoms with E-state index in [0.717, 1.165) is 18.7 Å². The van der Waals surface area contributed by atoms with E-state index in [1.807, 2.05) is 63.5 Å². The van der Waals surface area contributed by atoms with Gasteiger partial charge in [-0.05, 0) is 70.1 Å². The highest BCUT2D eigenvalue weighted by Gasteiger charge is 2.52. The van der Waals surface area contributed by atoms with Gasteiger partial charge in [-0.2, -0.15) is 0 Å². The molecular weight excluding hydrogens is 416 g/mol. The maximum Gasteiger partial charge on any atom is 0.257 e. The second-order valence-electron chi connectivity index (χ2n) is 9.32. The molecule has 1 atom stereocenters. The van der Waals surface area contributed by atoms with Crippen LogP contribution in [0.15, 0.2) is 48.5 Å². The molecule has 2 heterocycles. The normalized spacial score (nSPS) is 19.6. The van der Waals surface area contributed by atoms with Crippen molar-refractivity contribution in [1.29, 1.82) is 0 Å². The van der Waals surface area contributed by atoms with E-state index in [2.05, 4.69) is 10.2 Å². The van der Waals surface area contributed by atoms with E-state index in [0.29, 0.717) is 43.5 Å². The third kappa shape index (κ3) is 4.64. The van der Waals surface area contributed by atoms with Crippen LogP contribution in [0.5, 0.6) is 0 Å². The summed E-state index contributed by atoms with van der Waals surface area (Å²) in [6.45, 7) is 3.35. The minimum atomic E-state index is -0.679. The zero-order chi connectivity index (χ0) is 23.6. The highest BCUT2D eigenvalue weighted by Crippen LogP contribution is 2.44. The van der Waals surface area contributed by atoms with E-state index in [1.54, 1.807) is 15.9 Å². The first kappa shape index (κ1) is 23.0. The number of amides is 3. The summed E-state index contributed by atoms with van der Waals surface area (Å²) in [5.41, 5.74) is 2.56. The fraction of sp³-hybridized carbons (Fsp3) is 0.423. The standard InChI is InChI=1S/C26H32N4O3/c1-26-16-14-24(32)30(26)22-8-5-4-7-21(22)25(33)29(26)17-6-9-23(31)27-20-12-10-19(11-13-20)15-18-28(2)3/h4-5,7-8,10-13H,6,9,14-18H2,1-3H3,(H,27,31). The predicted molar refractivity (Wildman–Crippen MR) is 129 cm³/mol. The van der Waals surface area contributed by atoms with E-state index < -0.39 is 5.66 Å². The summed E-state index contributed by atoms with van der Waals surface area (Å²) in [6, 6.07) is 15.2. The van der Waals surface area contributed by atoms with Crippen molar-refractivity contribution in [3.8, 4) is 0 Å². The molecule has 0 spiro atoms. The molecule has 3 amide bonds. The SMILES string of the molecule is CN(C)CCc1ccc(NC(=O)CCCN2C(=O)c3ccccc3N3C(=O)CCC23C)cc1. The molecule has 7 nitrogen and oxygen atoms in total. The van der Waals surface area contributed by atoms with Crippen LogP contribution in [0, 0.1) is 0 Å². The Bertz CT molecular complexity index is 1050. The first-order valence-corrected chi connectivity index (χ1v) is 11.6. The smallest absolute Gasteiger partial charge is 0.257 e. The summed E-state index contributed by atoms with van der Waals surface area (Å²) >= 11 is 0. The largest absolute Gasteiger partial charge is 0.326 e. The highest BCUT2D eigenvalue weighted by atomic mass is 16.2. The fourth-order valence-corrected chi connectivity index (χ4v) is 4.77. The van der Waals surface area contributed by atoms with Crippen molar-refractivity contribution in [3.05, 3.63) is 59.7 Å². The molecule has 2 aliphatic rings. The van der Waals surface area contributed by atoms with Crippen LogP contribution in [0.25, 0.3) is 0 Å². The number of fused-ring (bicyclic) bond motifs is 3. The number of carbonyl (C=O) groups excluding carboxylic acids is 3. The molecule has 0 aliphatic carbocycles. The third-order valence-electron chi connectivity index (χ3n) is 6.62. The number of likely N-dealkylation sites (N-methyl/N-ethyl adjacent to an activating group) is 1. The Morgan fingerprint density at radius 2 is 1.82 bits per heavy atom. The van der Waals surface area contributed by atoms with Crippen LogP contribution >= 0.6 is 0 Å². The van der Waals surface area contributed by atoms with Crippen LogP contribution in [0.2, 0.25) is 0 Å². The van der Waals surface area contributed by atoms with Crippen molar-refractivity contribution >= 4 is 29.1 Å². The second kappa shape index (κ2) is 9.35. The molecule has 0 saturated carbocycles. The van der Waals surface area contributed by atoms with Crippen molar-refractivity contribution in [2.24, 2.45) is 0 Å². The van der Waals surface area contributed by atoms with Gasteiger partial charge in [0.05, 0.1) is 11.3 Å². The molecule has 1 fully saturated rings. The first-order valence-electron chi connectivity index (χ1n) is 11.6. The monoisotopic (exact) mass is 448 g/mol. The molecule has 33 heavy (non-hydrogen) atoms. The van der Waals surface area contributed by atoms with Crippen LogP contribution < -0.4 is 10.2 Å². The van der Waals surface area contributed by atoms with Gasteiger partial charge in [-0.15, -0.1) is 0 Å². The summed E-state index contributed by atoms with van der Waals surface area (Å²) in [6.07, 6.45) is 2.81. The number of hydrogen-bond acceptors (Lipinski definition) is 4. The number of rotatable bonds is 8. The van der Waals surface area contributed by atoms with Gasteiger partial charge in [0, 0.05) is 31.6 Å². The fourth-order valence-electron chi connectivity index (χ4n) is 4.77. The molecule has 4 rings (SSSR count). The highest BCUT2D eigenvalue weighted by molar-refractivity contribution is 6.10. The molecule has 0 bridgehead atoms. The molecule has 2 aromatic rings. The summed E-state index contributed by atoms with van der Waals surface area (Å²) in [4.78, 5) is 44.1. The van der Waals surface area contributed by atoms with Crippen LogP contribution in [0.4, 0.5) is 11.4 Å². The summed E-state index contributed by atoms with van der Waals surface area (Å²) in [5, 5.41) is 2.94. The Morgan fingerprint density at radius 1 is 1.09 bits per heavy atom. The summed E-state index contributed by atoms with van der Waals surface area (Å²) < 4.78 is 0. The Morgan fingerprint density at radius 3 is 2.55 bits per heavy atom. The van der Waals surface area contributed by atoms with E-state index in [9.17, 15) is 14.4 Å². The quantitative estimate of drug-likeness (QED) is 0.671. The lowest BCUT2D eigenvalue weighted by Crippen LogP contribution is -2.62. The van der Waals surface area contributed by atoms with E-state index in [4.69, 9.17) is 0 Å². The summed E-state index contributed by atoms with van der Waals surface area (Å²) in [7, 11) is 4.10. The molecule has 2 aliphatic heterocycles. The molecule has 174 valence electrons. The van der Waals surface area contributed by atoms with Crippen molar-refractivity contribution in [2.45, 2.75) is 44.7 Å². The maximum atomic E-state index is 13.2. The van der Waals surface area contributed by atoms with Gasteiger partial charge in [-0.1, -0.05) is 24.3 Å². The number of carbonyl (C=O) groups is 3.